The Morgan fingerprint density at radius 1 is 1.07 bits per heavy atom. The van der Waals surface area contributed by atoms with Gasteiger partial charge in [0.2, 0.25) is 5.91 Å². The van der Waals surface area contributed by atoms with Gasteiger partial charge in [-0.1, -0.05) is 44.2 Å². The molecule has 10 nitrogen and oxygen atoms in total. The third-order valence-electron chi connectivity index (χ3n) is 8.62. The van der Waals surface area contributed by atoms with Gasteiger partial charge in [-0.3, -0.25) is 23.7 Å². The van der Waals surface area contributed by atoms with Gasteiger partial charge in [0.15, 0.2) is 5.69 Å². The van der Waals surface area contributed by atoms with E-state index in [1.54, 1.807) is 0 Å². The number of amides is 3. The van der Waals surface area contributed by atoms with Crippen molar-refractivity contribution in [2.24, 2.45) is 13.0 Å². The fraction of sp³-hybridized carbons (Fsp3) is 0.485. The lowest BCUT2D eigenvalue weighted by Gasteiger charge is -2.25. The van der Waals surface area contributed by atoms with Crippen LogP contribution in [0.5, 0.6) is 0 Å². The molecular weight excluding hydrogens is 574 g/mol. The predicted molar refractivity (Wildman–Crippen MR) is 172 cm³/mol. The molecule has 2 aliphatic rings. The second-order valence-corrected chi connectivity index (χ2v) is 13.4. The molecule has 1 unspecified atom stereocenters. The van der Waals surface area contributed by atoms with Gasteiger partial charge < -0.3 is 15.5 Å². The molecule has 232 valence electrons. The first-order valence-electron chi connectivity index (χ1n) is 15.8. The highest BCUT2D eigenvalue weighted by Crippen LogP contribution is 2.34. The molecule has 6 rings (SSSR count). The molecule has 0 spiro atoms. The van der Waals surface area contributed by atoms with Crippen molar-refractivity contribution in [2.75, 3.05) is 19.6 Å². The first-order valence-corrected chi connectivity index (χ1v) is 16.6. The molecule has 0 fully saturated rings. The molecule has 2 bridgehead atoms. The van der Waals surface area contributed by atoms with Crippen molar-refractivity contribution in [3.05, 3.63) is 58.2 Å². The molecule has 3 amide bonds. The summed E-state index contributed by atoms with van der Waals surface area (Å²) < 4.78 is 3.84. The molecule has 0 saturated heterocycles. The molecule has 11 heteroatoms. The normalized spacial score (nSPS) is 18.2. The molecule has 1 aliphatic heterocycles. The van der Waals surface area contributed by atoms with Crippen molar-refractivity contribution in [1.29, 1.82) is 0 Å². The fourth-order valence-corrected chi connectivity index (χ4v) is 7.31. The van der Waals surface area contributed by atoms with Crippen LogP contribution in [0.2, 0.25) is 0 Å². The minimum absolute atomic E-state index is 0.0145. The van der Waals surface area contributed by atoms with Crippen LogP contribution in [0.1, 0.15) is 77.4 Å². The second kappa shape index (κ2) is 12.9. The molecule has 1 aromatic carbocycles. The maximum atomic E-state index is 13.9. The zero-order valence-corrected chi connectivity index (χ0v) is 26.6. The summed E-state index contributed by atoms with van der Waals surface area (Å²) in [6.07, 6.45) is 4.73. The number of aromatic nitrogens is 4. The lowest BCUT2D eigenvalue weighted by atomic mass is 9.91. The van der Waals surface area contributed by atoms with Gasteiger partial charge in [-0.25, -0.2) is 0 Å². The summed E-state index contributed by atoms with van der Waals surface area (Å²) in [5, 5.41) is 16.7. The Morgan fingerprint density at radius 3 is 2.66 bits per heavy atom. The number of nitrogens with one attached hydrogen (secondary N) is 2. The summed E-state index contributed by atoms with van der Waals surface area (Å²) in [7, 11) is 1.90. The van der Waals surface area contributed by atoms with Crippen molar-refractivity contribution in [3.63, 3.8) is 0 Å². The van der Waals surface area contributed by atoms with E-state index >= 15 is 0 Å². The number of nitrogens with zero attached hydrogens (tertiary/aromatic N) is 5. The maximum absolute atomic E-state index is 13.9. The van der Waals surface area contributed by atoms with Gasteiger partial charge in [0.25, 0.3) is 11.8 Å². The van der Waals surface area contributed by atoms with Gasteiger partial charge in [-0.15, -0.1) is 11.3 Å². The average Bonchev–Trinajstić information content (AvgIpc) is 3.69. The maximum Gasteiger partial charge on any atom is 0.272 e. The number of fused-ring (bicyclic) bond motifs is 2. The van der Waals surface area contributed by atoms with Crippen LogP contribution in [0, 0.1) is 5.92 Å². The van der Waals surface area contributed by atoms with Crippen LogP contribution >= 0.6 is 11.3 Å². The number of hydrogen-bond donors (Lipinski definition) is 2. The fourth-order valence-electron chi connectivity index (χ4n) is 6.27. The minimum atomic E-state index is -0.185. The van der Waals surface area contributed by atoms with Gasteiger partial charge in [-0.2, -0.15) is 10.2 Å². The first-order chi connectivity index (χ1) is 21.3. The van der Waals surface area contributed by atoms with E-state index in [2.05, 4.69) is 24.5 Å². The van der Waals surface area contributed by atoms with E-state index in [4.69, 9.17) is 10.2 Å². The van der Waals surface area contributed by atoms with Crippen LogP contribution in [0.25, 0.3) is 21.5 Å². The smallest absolute Gasteiger partial charge is 0.272 e. The van der Waals surface area contributed by atoms with Gasteiger partial charge >= 0.3 is 0 Å². The number of carbonyl (C=O) groups excluding carboxylic acids is 3. The second-order valence-electron chi connectivity index (χ2n) is 12.4. The summed E-state index contributed by atoms with van der Waals surface area (Å²) in [6.45, 7) is 6.53. The zero-order valence-electron chi connectivity index (χ0n) is 25.8. The quantitative estimate of drug-likeness (QED) is 0.341. The standard InChI is InChI=1S/C33H41N7O3S/c1-21(2)14-18-40-26-13-12-23-19-24(26)30(37-40)31(42)34-15-8-17-39(16-7-11-28(41)35-23)32(43)27-20-25-29(22-9-5-4-6-10-22)36-38(3)33(25)44-27/h4-6,9-10,20-21,23H,7-8,11-19H2,1-3H3,(H,34,42)(H,35,41). The van der Waals surface area contributed by atoms with Crippen LogP contribution in [0.15, 0.2) is 36.4 Å². The molecule has 3 aromatic heterocycles. The molecule has 44 heavy (non-hydrogen) atoms. The first kappa shape index (κ1) is 30.1. The highest BCUT2D eigenvalue weighted by Gasteiger charge is 2.30. The van der Waals surface area contributed by atoms with Gasteiger partial charge in [0.05, 0.1) is 4.88 Å². The SMILES string of the molecule is CC(C)CCn1nc2c3c1CCC(C3)NC(=O)CCCN(C(=O)c1cc3c(-c4ccccc4)nn(C)c3s1)CCCNC2=O. The monoisotopic (exact) mass is 615 g/mol. The summed E-state index contributed by atoms with van der Waals surface area (Å²) in [4.78, 5) is 43.6. The van der Waals surface area contributed by atoms with Gasteiger partial charge in [0, 0.05) is 67.9 Å². The molecule has 0 radical (unpaired) electrons. The molecular formula is C33H41N7O3S. The summed E-state index contributed by atoms with van der Waals surface area (Å²) in [5.74, 6) is 0.274. The molecule has 2 N–H and O–H groups in total. The van der Waals surface area contributed by atoms with Crippen LogP contribution in [0.3, 0.4) is 0 Å². The van der Waals surface area contributed by atoms with E-state index in [1.807, 2.05) is 57.7 Å². The topological polar surface area (TPSA) is 114 Å². The number of benzene rings is 1. The Bertz CT molecular complexity index is 1670. The van der Waals surface area contributed by atoms with Crippen molar-refractivity contribution >= 4 is 39.3 Å². The number of rotatable bonds is 5. The third-order valence-corrected chi connectivity index (χ3v) is 9.81. The predicted octanol–water partition coefficient (Wildman–Crippen LogP) is 4.57. The Hall–Kier alpha value is -3.99. The third kappa shape index (κ3) is 6.29. The Morgan fingerprint density at radius 2 is 1.86 bits per heavy atom. The van der Waals surface area contributed by atoms with Gasteiger partial charge in [-0.05, 0) is 50.5 Å². The summed E-state index contributed by atoms with van der Waals surface area (Å²) in [5.41, 5.74) is 4.42. The Kier molecular flexibility index (Phi) is 8.83. The average molecular weight is 616 g/mol. The van der Waals surface area contributed by atoms with E-state index in [-0.39, 0.29) is 23.8 Å². The van der Waals surface area contributed by atoms with E-state index in [1.165, 1.54) is 11.3 Å². The van der Waals surface area contributed by atoms with Crippen LogP contribution < -0.4 is 10.6 Å². The van der Waals surface area contributed by atoms with Crippen molar-refractivity contribution in [1.82, 2.24) is 35.1 Å². The summed E-state index contributed by atoms with van der Waals surface area (Å²) >= 11 is 1.44. The Balaban J connectivity index is 1.21. The molecule has 4 heterocycles. The van der Waals surface area contributed by atoms with Crippen LogP contribution in [-0.2, 0) is 31.2 Å². The minimum Gasteiger partial charge on any atom is -0.353 e. The van der Waals surface area contributed by atoms with Crippen molar-refractivity contribution < 1.29 is 14.4 Å². The van der Waals surface area contributed by atoms with E-state index in [0.717, 1.165) is 58.5 Å². The van der Waals surface area contributed by atoms with Crippen molar-refractivity contribution in [3.8, 4) is 11.3 Å². The van der Waals surface area contributed by atoms with Crippen LogP contribution in [0.4, 0.5) is 0 Å². The zero-order chi connectivity index (χ0) is 30.8. The number of aryl methyl sites for hydroxylation is 2. The lowest BCUT2D eigenvalue weighted by molar-refractivity contribution is -0.122. The van der Waals surface area contributed by atoms with Gasteiger partial charge in [0.1, 0.15) is 10.5 Å². The highest BCUT2D eigenvalue weighted by atomic mass is 32.1. The number of hydrogen-bond acceptors (Lipinski definition) is 6. The molecule has 0 saturated carbocycles. The molecule has 1 atom stereocenters. The Labute approximate surface area is 261 Å². The summed E-state index contributed by atoms with van der Waals surface area (Å²) in [6, 6.07) is 11.9. The molecule has 1 aliphatic carbocycles. The molecule has 4 aromatic rings. The number of carbonyl (C=O) groups is 3. The van der Waals surface area contributed by atoms with E-state index < -0.39 is 0 Å². The highest BCUT2D eigenvalue weighted by molar-refractivity contribution is 7.20. The van der Waals surface area contributed by atoms with E-state index in [9.17, 15) is 14.4 Å². The van der Waals surface area contributed by atoms with E-state index in [0.29, 0.717) is 61.8 Å². The lowest BCUT2D eigenvalue weighted by Crippen LogP contribution is -2.39. The van der Waals surface area contributed by atoms with Crippen LogP contribution in [-0.4, -0.2) is 67.9 Å². The van der Waals surface area contributed by atoms with Crippen molar-refractivity contribution in [2.45, 2.75) is 71.4 Å². The number of thiophene rings is 1. The largest absolute Gasteiger partial charge is 0.353 e.